The molecule has 0 aliphatic carbocycles. The molecule has 2 N–H and O–H groups in total. The quantitative estimate of drug-likeness (QED) is 0.743. The Bertz CT molecular complexity index is 358. The predicted octanol–water partition coefficient (Wildman–Crippen LogP) is 2.55. The Hall–Kier alpha value is -0.860. The first-order valence-electron chi connectivity index (χ1n) is 6.36. The minimum atomic E-state index is 0.131. The maximum Gasteiger partial charge on any atom is 0.0443 e. The predicted molar refractivity (Wildman–Crippen MR) is 73.5 cm³/mol. The summed E-state index contributed by atoms with van der Waals surface area (Å²) in [5, 5.41) is 12.2. The zero-order valence-electron chi connectivity index (χ0n) is 11.5. The molecular weight excluding hydrogens is 210 g/mol. The van der Waals surface area contributed by atoms with Gasteiger partial charge < -0.3 is 10.4 Å². The summed E-state index contributed by atoms with van der Waals surface area (Å²) in [7, 11) is 0. The normalized spacial score (nSPS) is 11.8. The van der Waals surface area contributed by atoms with Crippen LogP contribution in [0.5, 0.6) is 0 Å². The van der Waals surface area contributed by atoms with E-state index in [1.165, 1.54) is 16.7 Å². The van der Waals surface area contributed by atoms with Crippen molar-refractivity contribution in [2.45, 2.75) is 39.5 Å². The van der Waals surface area contributed by atoms with E-state index in [1.54, 1.807) is 0 Å². The lowest BCUT2D eigenvalue weighted by Crippen LogP contribution is -2.34. The van der Waals surface area contributed by atoms with Crippen LogP contribution in [-0.4, -0.2) is 24.8 Å². The highest BCUT2D eigenvalue weighted by Crippen LogP contribution is 2.26. The molecule has 0 radical (unpaired) electrons. The Morgan fingerprint density at radius 3 is 2.59 bits per heavy atom. The lowest BCUT2D eigenvalue weighted by Gasteiger charge is -2.28. The minimum Gasteiger partial charge on any atom is -0.396 e. The van der Waals surface area contributed by atoms with Crippen molar-refractivity contribution >= 4 is 0 Å². The van der Waals surface area contributed by atoms with Crippen LogP contribution in [0.3, 0.4) is 0 Å². The van der Waals surface area contributed by atoms with E-state index in [9.17, 15) is 0 Å². The van der Waals surface area contributed by atoms with Crippen molar-refractivity contribution in [2.75, 3.05) is 19.7 Å². The summed E-state index contributed by atoms with van der Waals surface area (Å²) in [5.74, 6) is 0. The SMILES string of the molecule is Cc1ccc(C)c(C(C)(C)CNCCCO)c1. The van der Waals surface area contributed by atoms with E-state index in [0.29, 0.717) is 0 Å². The molecule has 0 spiro atoms. The lowest BCUT2D eigenvalue weighted by atomic mass is 9.81. The molecule has 0 amide bonds. The fourth-order valence-corrected chi connectivity index (χ4v) is 2.17. The Balaban J connectivity index is 2.71. The Morgan fingerprint density at radius 1 is 1.24 bits per heavy atom. The van der Waals surface area contributed by atoms with Crippen molar-refractivity contribution in [3.63, 3.8) is 0 Å². The molecule has 96 valence electrons. The summed E-state index contributed by atoms with van der Waals surface area (Å²) in [5.41, 5.74) is 4.21. The number of aliphatic hydroxyl groups is 1. The van der Waals surface area contributed by atoms with Gasteiger partial charge in [-0.1, -0.05) is 37.6 Å². The fourth-order valence-electron chi connectivity index (χ4n) is 2.17. The summed E-state index contributed by atoms with van der Waals surface area (Å²) in [6.45, 7) is 10.9. The zero-order chi connectivity index (χ0) is 12.9. The van der Waals surface area contributed by atoms with Gasteiger partial charge in [-0.05, 0) is 37.9 Å². The van der Waals surface area contributed by atoms with Crippen LogP contribution in [0.4, 0.5) is 0 Å². The van der Waals surface area contributed by atoms with Crippen LogP contribution in [0, 0.1) is 13.8 Å². The maximum atomic E-state index is 8.75. The standard InChI is InChI=1S/C15H25NO/c1-12-6-7-13(2)14(10-12)15(3,4)11-16-8-5-9-17/h6-7,10,16-17H,5,8-9,11H2,1-4H3. The van der Waals surface area contributed by atoms with Gasteiger partial charge in [0.05, 0.1) is 0 Å². The van der Waals surface area contributed by atoms with Crippen LogP contribution < -0.4 is 5.32 Å². The van der Waals surface area contributed by atoms with Crippen molar-refractivity contribution in [3.8, 4) is 0 Å². The number of hydrogen-bond acceptors (Lipinski definition) is 2. The smallest absolute Gasteiger partial charge is 0.0443 e. The van der Waals surface area contributed by atoms with Gasteiger partial charge in [-0.2, -0.15) is 0 Å². The Labute approximate surface area is 105 Å². The number of aryl methyl sites for hydroxylation is 2. The molecule has 1 aromatic rings. The van der Waals surface area contributed by atoms with Gasteiger partial charge in [0, 0.05) is 18.6 Å². The Kier molecular flexibility index (Phi) is 5.16. The van der Waals surface area contributed by atoms with Crippen LogP contribution in [0.1, 0.15) is 37.0 Å². The van der Waals surface area contributed by atoms with Crippen LogP contribution in [0.15, 0.2) is 18.2 Å². The van der Waals surface area contributed by atoms with Gasteiger partial charge in [-0.15, -0.1) is 0 Å². The highest BCUT2D eigenvalue weighted by atomic mass is 16.3. The van der Waals surface area contributed by atoms with Gasteiger partial charge in [-0.3, -0.25) is 0 Å². The first-order chi connectivity index (χ1) is 7.97. The van der Waals surface area contributed by atoms with E-state index in [-0.39, 0.29) is 12.0 Å². The minimum absolute atomic E-state index is 0.131. The molecule has 0 fully saturated rings. The highest BCUT2D eigenvalue weighted by Gasteiger charge is 2.21. The number of hydrogen-bond donors (Lipinski definition) is 2. The van der Waals surface area contributed by atoms with Crippen molar-refractivity contribution in [1.82, 2.24) is 5.32 Å². The van der Waals surface area contributed by atoms with E-state index >= 15 is 0 Å². The van der Waals surface area contributed by atoms with Gasteiger partial charge in [0.2, 0.25) is 0 Å². The molecular formula is C15H25NO. The average molecular weight is 235 g/mol. The monoisotopic (exact) mass is 235 g/mol. The molecule has 0 heterocycles. The molecule has 0 unspecified atom stereocenters. The van der Waals surface area contributed by atoms with Gasteiger partial charge in [0.25, 0.3) is 0 Å². The molecule has 0 aliphatic heterocycles. The second-order valence-electron chi connectivity index (χ2n) is 5.46. The molecule has 2 heteroatoms. The molecule has 2 nitrogen and oxygen atoms in total. The van der Waals surface area contributed by atoms with Gasteiger partial charge >= 0.3 is 0 Å². The van der Waals surface area contributed by atoms with Crippen molar-refractivity contribution in [2.24, 2.45) is 0 Å². The molecule has 1 aromatic carbocycles. The third-order valence-corrected chi connectivity index (χ3v) is 3.20. The van der Waals surface area contributed by atoms with E-state index < -0.39 is 0 Å². The fraction of sp³-hybridized carbons (Fsp3) is 0.600. The highest BCUT2D eigenvalue weighted by molar-refractivity contribution is 5.36. The molecule has 0 saturated carbocycles. The summed E-state index contributed by atoms with van der Waals surface area (Å²) in [6.07, 6.45) is 0.822. The first-order valence-corrected chi connectivity index (χ1v) is 6.36. The second-order valence-corrected chi connectivity index (χ2v) is 5.46. The zero-order valence-corrected chi connectivity index (χ0v) is 11.5. The van der Waals surface area contributed by atoms with Gasteiger partial charge in [0.15, 0.2) is 0 Å². The number of rotatable bonds is 6. The van der Waals surface area contributed by atoms with E-state index in [4.69, 9.17) is 5.11 Å². The molecule has 0 atom stereocenters. The van der Waals surface area contributed by atoms with Crippen molar-refractivity contribution in [1.29, 1.82) is 0 Å². The number of nitrogens with one attached hydrogen (secondary N) is 1. The molecule has 0 aromatic heterocycles. The van der Waals surface area contributed by atoms with Crippen LogP contribution in [0.2, 0.25) is 0 Å². The molecule has 1 rings (SSSR count). The van der Waals surface area contributed by atoms with E-state index in [2.05, 4.69) is 51.2 Å². The van der Waals surface area contributed by atoms with Gasteiger partial charge in [0.1, 0.15) is 0 Å². The molecule has 17 heavy (non-hydrogen) atoms. The van der Waals surface area contributed by atoms with E-state index in [1.807, 2.05) is 0 Å². The van der Waals surface area contributed by atoms with Crippen LogP contribution in [0.25, 0.3) is 0 Å². The van der Waals surface area contributed by atoms with Crippen LogP contribution >= 0.6 is 0 Å². The third kappa shape index (κ3) is 4.14. The number of aliphatic hydroxyl groups excluding tert-OH is 1. The largest absolute Gasteiger partial charge is 0.396 e. The maximum absolute atomic E-state index is 8.75. The average Bonchev–Trinajstić information content (AvgIpc) is 2.28. The topological polar surface area (TPSA) is 32.3 Å². The van der Waals surface area contributed by atoms with E-state index in [0.717, 1.165) is 19.5 Å². The summed E-state index contributed by atoms with van der Waals surface area (Å²) >= 11 is 0. The van der Waals surface area contributed by atoms with Gasteiger partial charge in [-0.25, -0.2) is 0 Å². The van der Waals surface area contributed by atoms with Crippen LogP contribution in [-0.2, 0) is 5.41 Å². The third-order valence-electron chi connectivity index (χ3n) is 3.20. The molecule has 0 aliphatic rings. The number of benzene rings is 1. The molecule has 0 saturated heterocycles. The molecule has 0 bridgehead atoms. The first kappa shape index (κ1) is 14.2. The summed E-state index contributed by atoms with van der Waals surface area (Å²) in [6, 6.07) is 6.64. The van der Waals surface area contributed by atoms with Crippen molar-refractivity contribution in [3.05, 3.63) is 34.9 Å². The summed E-state index contributed by atoms with van der Waals surface area (Å²) < 4.78 is 0. The second kappa shape index (κ2) is 6.18. The lowest BCUT2D eigenvalue weighted by molar-refractivity contribution is 0.284. The summed E-state index contributed by atoms with van der Waals surface area (Å²) in [4.78, 5) is 0. The van der Waals surface area contributed by atoms with Crippen molar-refractivity contribution < 1.29 is 5.11 Å². The Morgan fingerprint density at radius 2 is 1.94 bits per heavy atom.